The number of hydrogen-bond acceptors (Lipinski definition) is 2. The normalized spacial score (nSPS) is 13.1. The molecule has 0 aromatic carbocycles. The molecule has 0 aliphatic heterocycles. The minimum absolute atomic E-state index is 0.445. The molecule has 0 bridgehead atoms. The number of aromatic nitrogens is 1. The fourth-order valence-corrected chi connectivity index (χ4v) is 2.02. The lowest BCUT2D eigenvalue weighted by atomic mass is 10.2. The Morgan fingerprint density at radius 1 is 1.31 bits per heavy atom. The largest absolute Gasteiger partial charge is 0.297 e. The average molecular weight is 261 g/mol. The fraction of sp³-hybridized carbons (Fsp3) is 0.583. The van der Waals surface area contributed by atoms with Gasteiger partial charge in [0.05, 0.1) is 0 Å². The van der Waals surface area contributed by atoms with Crippen LogP contribution in [0.1, 0.15) is 32.8 Å². The van der Waals surface area contributed by atoms with Crippen LogP contribution >= 0.6 is 23.2 Å². The maximum absolute atomic E-state index is 6.06. The van der Waals surface area contributed by atoms with Crippen LogP contribution in [-0.2, 0) is 6.54 Å². The summed E-state index contributed by atoms with van der Waals surface area (Å²) in [5.74, 6) is 0. The Morgan fingerprint density at radius 2 is 2.00 bits per heavy atom. The zero-order valence-corrected chi connectivity index (χ0v) is 11.5. The summed E-state index contributed by atoms with van der Waals surface area (Å²) in [6.07, 6.45) is 1.13. The molecule has 0 aliphatic carbocycles. The molecular formula is C12H18Cl2N2. The summed E-state index contributed by atoms with van der Waals surface area (Å²) in [7, 11) is 0. The Bertz CT molecular complexity index is 342. The standard InChI is InChI=1S/C12H18Cl2N2/c1-4-9(3)16(5-2)8-10-6-7-11(13)15-12(10)14/h6-7,9H,4-5,8H2,1-3H3. The van der Waals surface area contributed by atoms with E-state index in [0.717, 1.165) is 25.1 Å². The molecule has 1 aromatic heterocycles. The molecule has 4 heteroatoms. The van der Waals surface area contributed by atoms with Crippen LogP contribution in [0.3, 0.4) is 0 Å². The summed E-state index contributed by atoms with van der Waals surface area (Å²) in [6, 6.07) is 4.28. The first-order chi connectivity index (χ1) is 7.58. The molecule has 0 saturated carbocycles. The quantitative estimate of drug-likeness (QED) is 0.744. The van der Waals surface area contributed by atoms with Crippen molar-refractivity contribution in [2.45, 2.75) is 39.8 Å². The molecule has 0 radical (unpaired) electrons. The molecular weight excluding hydrogens is 243 g/mol. The van der Waals surface area contributed by atoms with Gasteiger partial charge >= 0.3 is 0 Å². The second-order valence-electron chi connectivity index (χ2n) is 3.90. The summed E-state index contributed by atoms with van der Waals surface area (Å²) in [5.41, 5.74) is 1.04. The smallest absolute Gasteiger partial charge is 0.135 e. The molecule has 0 saturated heterocycles. The number of pyridine rings is 1. The minimum Gasteiger partial charge on any atom is -0.297 e. The molecule has 90 valence electrons. The summed E-state index contributed by atoms with van der Waals surface area (Å²) in [6.45, 7) is 8.40. The van der Waals surface area contributed by atoms with Gasteiger partial charge in [-0.3, -0.25) is 4.90 Å². The van der Waals surface area contributed by atoms with Crippen molar-refractivity contribution >= 4 is 23.2 Å². The first-order valence-corrected chi connectivity index (χ1v) is 6.39. The van der Waals surface area contributed by atoms with E-state index < -0.39 is 0 Å². The van der Waals surface area contributed by atoms with E-state index in [-0.39, 0.29) is 0 Å². The van der Waals surface area contributed by atoms with Crippen molar-refractivity contribution in [2.24, 2.45) is 0 Å². The van der Waals surface area contributed by atoms with Crippen LogP contribution in [0.4, 0.5) is 0 Å². The van der Waals surface area contributed by atoms with Crippen LogP contribution < -0.4 is 0 Å². The molecule has 1 aromatic rings. The Balaban J connectivity index is 2.78. The van der Waals surface area contributed by atoms with E-state index in [1.54, 1.807) is 6.07 Å². The Labute approximate surface area is 108 Å². The zero-order chi connectivity index (χ0) is 12.1. The Kier molecular flexibility index (Phi) is 5.53. The third-order valence-corrected chi connectivity index (χ3v) is 3.42. The average Bonchev–Trinajstić information content (AvgIpc) is 2.27. The second kappa shape index (κ2) is 6.43. The van der Waals surface area contributed by atoms with Gasteiger partial charge in [0, 0.05) is 18.2 Å². The fourth-order valence-electron chi connectivity index (χ4n) is 1.62. The second-order valence-corrected chi connectivity index (χ2v) is 4.65. The minimum atomic E-state index is 0.445. The number of rotatable bonds is 5. The molecule has 1 rings (SSSR count). The summed E-state index contributed by atoms with van der Waals surface area (Å²) in [4.78, 5) is 6.42. The van der Waals surface area contributed by atoms with Crippen LogP contribution in [0.15, 0.2) is 12.1 Å². The van der Waals surface area contributed by atoms with Crippen LogP contribution in [0, 0.1) is 0 Å². The van der Waals surface area contributed by atoms with E-state index >= 15 is 0 Å². The predicted molar refractivity (Wildman–Crippen MR) is 70.1 cm³/mol. The molecule has 1 heterocycles. The van der Waals surface area contributed by atoms with E-state index in [1.807, 2.05) is 6.07 Å². The summed E-state index contributed by atoms with van der Waals surface area (Å²) >= 11 is 11.8. The monoisotopic (exact) mass is 260 g/mol. The van der Waals surface area contributed by atoms with Gasteiger partial charge in [0.15, 0.2) is 0 Å². The number of hydrogen-bond donors (Lipinski definition) is 0. The number of nitrogens with zero attached hydrogens (tertiary/aromatic N) is 2. The highest BCUT2D eigenvalue weighted by Crippen LogP contribution is 2.19. The third kappa shape index (κ3) is 3.62. The maximum Gasteiger partial charge on any atom is 0.135 e. The SMILES string of the molecule is CCC(C)N(CC)Cc1ccc(Cl)nc1Cl. The Morgan fingerprint density at radius 3 is 2.50 bits per heavy atom. The lowest BCUT2D eigenvalue weighted by molar-refractivity contribution is 0.206. The lowest BCUT2D eigenvalue weighted by Crippen LogP contribution is -2.31. The summed E-state index contributed by atoms with van der Waals surface area (Å²) < 4.78 is 0. The van der Waals surface area contributed by atoms with Crippen LogP contribution in [-0.4, -0.2) is 22.5 Å². The molecule has 2 nitrogen and oxygen atoms in total. The van der Waals surface area contributed by atoms with Crippen LogP contribution in [0.5, 0.6) is 0 Å². The molecule has 1 unspecified atom stereocenters. The van der Waals surface area contributed by atoms with Gasteiger partial charge in [-0.25, -0.2) is 4.98 Å². The van der Waals surface area contributed by atoms with Gasteiger partial charge in [0.25, 0.3) is 0 Å². The van der Waals surface area contributed by atoms with Crippen molar-refractivity contribution in [3.05, 3.63) is 28.0 Å². The van der Waals surface area contributed by atoms with Crippen molar-refractivity contribution in [2.75, 3.05) is 6.54 Å². The van der Waals surface area contributed by atoms with Gasteiger partial charge in [0.2, 0.25) is 0 Å². The molecule has 0 spiro atoms. The van der Waals surface area contributed by atoms with Crippen LogP contribution in [0.25, 0.3) is 0 Å². The van der Waals surface area contributed by atoms with Gasteiger partial charge < -0.3 is 0 Å². The molecule has 0 amide bonds. The molecule has 0 fully saturated rings. The van der Waals surface area contributed by atoms with Crippen LogP contribution in [0.2, 0.25) is 10.3 Å². The van der Waals surface area contributed by atoms with Gasteiger partial charge in [-0.1, -0.05) is 43.1 Å². The molecule has 0 N–H and O–H groups in total. The van der Waals surface area contributed by atoms with E-state index in [2.05, 4.69) is 30.7 Å². The van der Waals surface area contributed by atoms with E-state index in [9.17, 15) is 0 Å². The molecule has 0 aliphatic rings. The zero-order valence-electron chi connectivity index (χ0n) is 10.0. The Hall–Kier alpha value is -0.310. The topological polar surface area (TPSA) is 16.1 Å². The first kappa shape index (κ1) is 13.8. The van der Waals surface area contributed by atoms with Crippen molar-refractivity contribution in [1.29, 1.82) is 0 Å². The van der Waals surface area contributed by atoms with Gasteiger partial charge in [-0.05, 0) is 26.0 Å². The van der Waals surface area contributed by atoms with E-state index in [0.29, 0.717) is 16.3 Å². The highest BCUT2D eigenvalue weighted by atomic mass is 35.5. The third-order valence-electron chi connectivity index (χ3n) is 2.89. The van der Waals surface area contributed by atoms with Crippen molar-refractivity contribution in [3.8, 4) is 0 Å². The first-order valence-electron chi connectivity index (χ1n) is 5.63. The predicted octanol–water partition coefficient (Wildman–Crippen LogP) is 4.01. The van der Waals surface area contributed by atoms with Crippen molar-refractivity contribution in [3.63, 3.8) is 0 Å². The van der Waals surface area contributed by atoms with Gasteiger partial charge in [-0.15, -0.1) is 0 Å². The highest BCUT2D eigenvalue weighted by molar-refractivity contribution is 6.32. The van der Waals surface area contributed by atoms with Gasteiger partial charge in [0.1, 0.15) is 10.3 Å². The summed E-state index contributed by atoms with van der Waals surface area (Å²) in [5, 5.41) is 0.953. The van der Waals surface area contributed by atoms with E-state index in [1.165, 1.54) is 0 Å². The molecule has 16 heavy (non-hydrogen) atoms. The number of halogens is 2. The molecule has 1 atom stereocenters. The van der Waals surface area contributed by atoms with Crippen molar-refractivity contribution in [1.82, 2.24) is 9.88 Å². The maximum atomic E-state index is 6.06. The highest BCUT2D eigenvalue weighted by Gasteiger charge is 2.12. The van der Waals surface area contributed by atoms with E-state index in [4.69, 9.17) is 23.2 Å². The van der Waals surface area contributed by atoms with Gasteiger partial charge in [-0.2, -0.15) is 0 Å². The lowest BCUT2D eigenvalue weighted by Gasteiger charge is -2.27. The van der Waals surface area contributed by atoms with Crippen molar-refractivity contribution < 1.29 is 0 Å².